The van der Waals surface area contributed by atoms with Crippen LogP contribution < -0.4 is 0 Å². The van der Waals surface area contributed by atoms with Crippen molar-refractivity contribution in [2.75, 3.05) is 13.6 Å². The van der Waals surface area contributed by atoms with Gasteiger partial charge in [0, 0.05) is 25.4 Å². The second kappa shape index (κ2) is 7.74. The molecule has 0 aliphatic heterocycles. The molecule has 2 heteroatoms. The molecular formula is C19H29NO. The molecule has 0 amide bonds. The lowest BCUT2D eigenvalue weighted by atomic mass is 9.78. The van der Waals surface area contributed by atoms with Crippen LogP contribution in [0.5, 0.6) is 0 Å². The van der Waals surface area contributed by atoms with E-state index < -0.39 is 0 Å². The Morgan fingerprint density at radius 1 is 1.29 bits per heavy atom. The Kier molecular flexibility index (Phi) is 5.98. The van der Waals surface area contributed by atoms with Crippen molar-refractivity contribution < 1.29 is 4.79 Å². The van der Waals surface area contributed by atoms with Crippen LogP contribution in [-0.4, -0.2) is 24.3 Å². The number of nitrogens with zero attached hydrogens (tertiary/aromatic N) is 1. The molecule has 1 aromatic rings. The Bertz CT molecular complexity index is 468. The monoisotopic (exact) mass is 287 g/mol. The standard InChI is InChI=1S/C19H29NO/c1-4-7-16-10-11-19(21)18(12-16)14-20(3)13-17-9-6-5-8-15(17)2/h5-6,8-9,16,18H,4,7,10-14H2,1-3H3. The molecule has 0 spiro atoms. The van der Waals surface area contributed by atoms with E-state index in [2.05, 4.69) is 50.1 Å². The van der Waals surface area contributed by atoms with E-state index in [-0.39, 0.29) is 5.92 Å². The molecule has 0 bridgehead atoms. The van der Waals surface area contributed by atoms with E-state index in [0.29, 0.717) is 5.78 Å². The van der Waals surface area contributed by atoms with Crippen LogP contribution in [0.3, 0.4) is 0 Å². The minimum Gasteiger partial charge on any atom is -0.301 e. The van der Waals surface area contributed by atoms with E-state index in [9.17, 15) is 4.79 Å². The van der Waals surface area contributed by atoms with Gasteiger partial charge < -0.3 is 4.90 Å². The van der Waals surface area contributed by atoms with E-state index >= 15 is 0 Å². The lowest BCUT2D eigenvalue weighted by molar-refractivity contribution is -0.126. The maximum Gasteiger partial charge on any atom is 0.137 e. The fourth-order valence-corrected chi connectivity index (χ4v) is 3.57. The zero-order valence-corrected chi connectivity index (χ0v) is 13.8. The van der Waals surface area contributed by atoms with Crippen molar-refractivity contribution in [3.63, 3.8) is 0 Å². The van der Waals surface area contributed by atoms with E-state index in [1.807, 2.05) is 0 Å². The predicted molar refractivity (Wildman–Crippen MR) is 88.3 cm³/mol. The van der Waals surface area contributed by atoms with Gasteiger partial charge in [-0.3, -0.25) is 4.79 Å². The minimum absolute atomic E-state index is 0.254. The molecule has 1 aliphatic carbocycles. The Morgan fingerprint density at radius 2 is 2.05 bits per heavy atom. The number of hydrogen-bond acceptors (Lipinski definition) is 2. The number of carbonyl (C=O) groups excluding carboxylic acids is 1. The van der Waals surface area contributed by atoms with Gasteiger partial charge in [0.25, 0.3) is 0 Å². The molecule has 2 rings (SSSR count). The normalized spacial score (nSPS) is 22.8. The molecule has 0 radical (unpaired) electrons. The molecule has 0 aromatic heterocycles. The number of Topliss-reactive ketones (excluding diaryl/α,β-unsaturated/α-hetero) is 1. The topological polar surface area (TPSA) is 20.3 Å². The summed E-state index contributed by atoms with van der Waals surface area (Å²) in [7, 11) is 2.14. The van der Waals surface area contributed by atoms with Gasteiger partial charge in [-0.2, -0.15) is 0 Å². The Hall–Kier alpha value is -1.15. The molecule has 1 aromatic carbocycles. The Labute approximate surface area is 129 Å². The van der Waals surface area contributed by atoms with Crippen LogP contribution >= 0.6 is 0 Å². The van der Waals surface area contributed by atoms with Gasteiger partial charge in [0.1, 0.15) is 5.78 Å². The first-order chi connectivity index (χ1) is 10.1. The number of benzene rings is 1. The van der Waals surface area contributed by atoms with Crippen LogP contribution in [0.4, 0.5) is 0 Å². The number of carbonyl (C=O) groups is 1. The summed E-state index contributed by atoms with van der Waals surface area (Å²) in [5.74, 6) is 1.51. The van der Waals surface area contributed by atoms with Crippen LogP contribution in [0.25, 0.3) is 0 Å². The lowest BCUT2D eigenvalue weighted by Gasteiger charge is -2.31. The lowest BCUT2D eigenvalue weighted by Crippen LogP contribution is -2.34. The minimum atomic E-state index is 0.254. The molecule has 2 nitrogen and oxygen atoms in total. The molecule has 0 heterocycles. The number of rotatable bonds is 6. The molecule has 0 saturated heterocycles. The first-order valence-corrected chi connectivity index (χ1v) is 8.36. The van der Waals surface area contributed by atoms with Crippen molar-refractivity contribution in [2.45, 2.75) is 52.5 Å². The molecule has 0 N–H and O–H groups in total. The zero-order valence-electron chi connectivity index (χ0n) is 13.8. The first-order valence-electron chi connectivity index (χ1n) is 8.36. The van der Waals surface area contributed by atoms with E-state index in [4.69, 9.17) is 0 Å². The fraction of sp³-hybridized carbons (Fsp3) is 0.632. The Balaban J connectivity index is 1.90. The second-order valence-electron chi connectivity index (χ2n) is 6.72. The first kappa shape index (κ1) is 16.2. The predicted octanol–water partition coefficient (Wildman–Crippen LogP) is 4.21. The smallest absolute Gasteiger partial charge is 0.137 e. The molecule has 1 saturated carbocycles. The van der Waals surface area contributed by atoms with Crippen LogP contribution in [-0.2, 0) is 11.3 Å². The molecule has 21 heavy (non-hydrogen) atoms. The molecule has 1 fully saturated rings. The quantitative estimate of drug-likeness (QED) is 0.781. The molecular weight excluding hydrogens is 258 g/mol. The number of aryl methyl sites for hydroxylation is 1. The third-order valence-electron chi connectivity index (χ3n) is 4.80. The van der Waals surface area contributed by atoms with Gasteiger partial charge in [-0.1, -0.05) is 44.0 Å². The maximum atomic E-state index is 12.2. The second-order valence-corrected chi connectivity index (χ2v) is 6.72. The number of ketones is 1. The highest BCUT2D eigenvalue weighted by molar-refractivity contribution is 5.81. The van der Waals surface area contributed by atoms with Gasteiger partial charge in [-0.25, -0.2) is 0 Å². The van der Waals surface area contributed by atoms with Crippen LogP contribution in [0.15, 0.2) is 24.3 Å². The van der Waals surface area contributed by atoms with Crippen molar-refractivity contribution in [3.05, 3.63) is 35.4 Å². The van der Waals surface area contributed by atoms with Gasteiger partial charge in [-0.15, -0.1) is 0 Å². The average Bonchev–Trinajstić information content (AvgIpc) is 2.45. The Morgan fingerprint density at radius 3 is 2.76 bits per heavy atom. The molecule has 1 aliphatic rings. The van der Waals surface area contributed by atoms with E-state index in [1.165, 1.54) is 24.0 Å². The third-order valence-corrected chi connectivity index (χ3v) is 4.80. The molecule has 2 unspecified atom stereocenters. The summed E-state index contributed by atoms with van der Waals surface area (Å²) in [6.45, 7) is 6.25. The SMILES string of the molecule is CCCC1CCC(=O)C(CN(C)Cc2ccccc2C)C1. The third kappa shape index (κ3) is 4.67. The summed E-state index contributed by atoms with van der Waals surface area (Å²) in [4.78, 5) is 14.5. The summed E-state index contributed by atoms with van der Waals surface area (Å²) in [5, 5.41) is 0. The van der Waals surface area contributed by atoms with Crippen LogP contribution in [0.2, 0.25) is 0 Å². The van der Waals surface area contributed by atoms with Crippen molar-refractivity contribution in [2.24, 2.45) is 11.8 Å². The van der Waals surface area contributed by atoms with Crippen molar-refractivity contribution >= 4 is 5.78 Å². The van der Waals surface area contributed by atoms with Gasteiger partial charge in [0.15, 0.2) is 0 Å². The average molecular weight is 287 g/mol. The van der Waals surface area contributed by atoms with Gasteiger partial charge >= 0.3 is 0 Å². The largest absolute Gasteiger partial charge is 0.301 e. The van der Waals surface area contributed by atoms with Gasteiger partial charge in [-0.05, 0) is 43.9 Å². The molecule has 116 valence electrons. The highest BCUT2D eigenvalue weighted by atomic mass is 16.1. The highest BCUT2D eigenvalue weighted by Gasteiger charge is 2.28. The summed E-state index contributed by atoms with van der Waals surface area (Å²) in [6, 6.07) is 8.53. The van der Waals surface area contributed by atoms with Gasteiger partial charge in [0.05, 0.1) is 0 Å². The van der Waals surface area contributed by atoms with Crippen LogP contribution in [0.1, 0.15) is 50.2 Å². The summed E-state index contributed by atoms with van der Waals surface area (Å²) in [5.41, 5.74) is 2.71. The zero-order chi connectivity index (χ0) is 15.2. The number of hydrogen-bond donors (Lipinski definition) is 0. The van der Waals surface area contributed by atoms with Gasteiger partial charge in [0.2, 0.25) is 0 Å². The maximum absolute atomic E-state index is 12.2. The van der Waals surface area contributed by atoms with Crippen LogP contribution in [0, 0.1) is 18.8 Å². The summed E-state index contributed by atoms with van der Waals surface area (Å²) in [6.07, 6.45) is 5.54. The van der Waals surface area contributed by atoms with E-state index in [0.717, 1.165) is 38.3 Å². The highest BCUT2D eigenvalue weighted by Crippen LogP contribution is 2.30. The van der Waals surface area contributed by atoms with E-state index in [1.54, 1.807) is 0 Å². The fourth-order valence-electron chi connectivity index (χ4n) is 3.57. The summed E-state index contributed by atoms with van der Waals surface area (Å²) >= 11 is 0. The molecule has 2 atom stereocenters. The summed E-state index contributed by atoms with van der Waals surface area (Å²) < 4.78 is 0. The van der Waals surface area contributed by atoms with Crippen molar-refractivity contribution in [3.8, 4) is 0 Å². The van der Waals surface area contributed by atoms with Crippen molar-refractivity contribution in [1.82, 2.24) is 4.90 Å². The van der Waals surface area contributed by atoms with Crippen molar-refractivity contribution in [1.29, 1.82) is 0 Å².